The van der Waals surface area contributed by atoms with Crippen LogP contribution in [0, 0.1) is 10.1 Å². The van der Waals surface area contributed by atoms with Crippen LogP contribution in [0.15, 0.2) is 35.4 Å². The molecule has 0 atom stereocenters. The third-order valence-electron chi connectivity index (χ3n) is 2.94. The van der Waals surface area contributed by atoms with Crippen molar-refractivity contribution >= 4 is 32.6 Å². The van der Waals surface area contributed by atoms with Crippen molar-refractivity contribution in [3.05, 3.63) is 40.6 Å². The van der Waals surface area contributed by atoms with Gasteiger partial charge in [-0.15, -0.1) is 0 Å². The number of aryl methyl sites for hydroxylation is 1. The van der Waals surface area contributed by atoms with Gasteiger partial charge in [0.2, 0.25) is 4.90 Å². The fourth-order valence-corrected chi connectivity index (χ4v) is 3.16. The number of anilines is 1. The summed E-state index contributed by atoms with van der Waals surface area (Å²) in [4.78, 5) is 9.54. The molecule has 0 unspecified atom stereocenters. The SMILES string of the molecule is Cn1cc(S(=O)(=O)Nc2n[nH]c3ccccc23)c([N+](=O)[O-])n1. The Hall–Kier alpha value is -2.95. The highest BCUT2D eigenvalue weighted by Gasteiger charge is 2.31. The summed E-state index contributed by atoms with van der Waals surface area (Å²) in [6.07, 6.45) is 1.06. The number of hydrogen-bond acceptors (Lipinski definition) is 6. The van der Waals surface area contributed by atoms with Gasteiger partial charge >= 0.3 is 5.82 Å². The van der Waals surface area contributed by atoms with Gasteiger partial charge in [0.05, 0.1) is 23.9 Å². The molecule has 1 aromatic carbocycles. The molecule has 0 spiro atoms. The quantitative estimate of drug-likeness (QED) is 0.543. The molecule has 0 saturated carbocycles. The molecule has 11 heteroatoms. The standard InChI is InChI=1S/C11H10N6O4S/c1-16-6-9(11(14-16)17(18)19)22(20,21)15-10-7-4-2-3-5-8(7)12-13-10/h2-6H,1H3,(H2,12,13,15). The number of benzene rings is 1. The van der Waals surface area contributed by atoms with Gasteiger partial charge in [-0.05, 0) is 17.1 Å². The maximum Gasteiger partial charge on any atom is 0.410 e. The minimum Gasteiger partial charge on any atom is -0.358 e. The third-order valence-corrected chi connectivity index (χ3v) is 4.27. The Morgan fingerprint density at radius 2 is 2.09 bits per heavy atom. The minimum absolute atomic E-state index is 0.0637. The van der Waals surface area contributed by atoms with E-state index in [0.717, 1.165) is 10.9 Å². The first-order chi connectivity index (χ1) is 10.4. The molecular formula is C11H10N6O4S. The Morgan fingerprint density at radius 1 is 1.36 bits per heavy atom. The lowest BCUT2D eigenvalue weighted by molar-refractivity contribution is -0.392. The van der Waals surface area contributed by atoms with Crippen LogP contribution in [0.3, 0.4) is 0 Å². The van der Waals surface area contributed by atoms with Gasteiger partial charge in [0.15, 0.2) is 5.82 Å². The maximum absolute atomic E-state index is 12.4. The number of hydrogen-bond donors (Lipinski definition) is 2. The van der Waals surface area contributed by atoms with Crippen molar-refractivity contribution in [3.8, 4) is 0 Å². The number of H-pyrrole nitrogens is 1. The van der Waals surface area contributed by atoms with Crippen molar-refractivity contribution in [3.63, 3.8) is 0 Å². The highest BCUT2D eigenvalue weighted by molar-refractivity contribution is 7.92. The summed E-state index contributed by atoms with van der Waals surface area (Å²) < 4.78 is 28.0. The lowest BCUT2D eigenvalue weighted by Gasteiger charge is -2.03. The fourth-order valence-electron chi connectivity index (χ4n) is 1.99. The van der Waals surface area contributed by atoms with Crippen LogP contribution < -0.4 is 4.72 Å². The van der Waals surface area contributed by atoms with Crippen LogP contribution in [0.5, 0.6) is 0 Å². The molecule has 0 fully saturated rings. The molecule has 0 radical (unpaired) electrons. The number of fused-ring (bicyclic) bond motifs is 1. The smallest absolute Gasteiger partial charge is 0.358 e. The first-order valence-electron chi connectivity index (χ1n) is 6.02. The molecular weight excluding hydrogens is 312 g/mol. The van der Waals surface area contributed by atoms with Crippen molar-refractivity contribution in [1.29, 1.82) is 0 Å². The van der Waals surface area contributed by atoms with Gasteiger partial charge in [0.25, 0.3) is 10.0 Å². The molecule has 114 valence electrons. The second-order valence-corrected chi connectivity index (χ2v) is 6.12. The first kappa shape index (κ1) is 14.0. The number of aromatic nitrogens is 4. The lowest BCUT2D eigenvalue weighted by atomic mass is 10.2. The fraction of sp³-hybridized carbons (Fsp3) is 0.0909. The van der Waals surface area contributed by atoms with Gasteiger partial charge in [-0.1, -0.05) is 12.1 Å². The van der Waals surface area contributed by atoms with Gasteiger partial charge in [-0.3, -0.25) is 9.82 Å². The van der Waals surface area contributed by atoms with Crippen molar-refractivity contribution in [2.24, 2.45) is 7.05 Å². The molecule has 0 aliphatic carbocycles. The number of aromatic amines is 1. The second kappa shape index (κ2) is 4.80. The normalized spacial score (nSPS) is 11.7. The second-order valence-electron chi connectivity index (χ2n) is 4.47. The van der Waals surface area contributed by atoms with Crippen LogP contribution in [-0.4, -0.2) is 33.3 Å². The predicted octanol–water partition coefficient (Wildman–Crippen LogP) is 1.01. The monoisotopic (exact) mass is 322 g/mol. The Kier molecular flexibility index (Phi) is 3.06. The maximum atomic E-state index is 12.4. The van der Waals surface area contributed by atoms with E-state index in [4.69, 9.17) is 0 Å². The van der Waals surface area contributed by atoms with Crippen molar-refractivity contribution in [2.45, 2.75) is 4.90 Å². The minimum atomic E-state index is -4.19. The molecule has 10 nitrogen and oxygen atoms in total. The van der Waals surface area contributed by atoms with Gasteiger partial charge in [-0.2, -0.15) is 9.78 Å². The molecule has 22 heavy (non-hydrogen) atoms. The van der Waals surface area contributed by atoms with Crippen LogP contribution in [0.4, 0.5) is 11.6 Å². The van der Waals surface area contributed by atoms with Crippen LogP contribution >= 0.6 is 0 Å². The molecule has 3 rings (SSSR count). The number of para-hydroxylation sites is 1. The molecule has 0 aliphatic heterocycles. The summed E-state index contributed by atoms with van der Waals surface area (Å²) in [6.45, 7) is 0. The Morgan fingerprint density at radius 3 is 2.82 bits per heavy atom. The number of rotatable bonds is 4. The van der Waals surface area contributed by atoms with E-state index in [9.17, 15) is 18.5 Å². The summed E-state index contributed by atoms with van der Waals surface area (Å²) in [7, 11) is -2.79. The molecule has 0 bridgehead atoms. The zero-order chi connectivity index (χ0) is 15.9. The van der Waals surface area contributed by atoms with E-state index < -0.39 is 25.7 Å². The number of sulfonamides is 1. The third kappa shape index (κ3) is 2.26. The largest absolute Gasteiger partial charge is 0.410 e. The molecule has 2 heterocycles. The number of nitrogens with zero attached hydrogens (tertiary/aromatic N) is 4. The van der Waals surface area contributed by atoms with E-state index in [1.807, 2.05) is 0 Å². The highest BCUT2D eigenvalue weighted by Crippen LogP contribution is 2.26. The van der Waals surface area contributed by atoms with E-state index in [2.05, 4.69) is 20.0 Å². The van der Waals surface area contributed by atoms with Gasteiger partial charge in [0, 0.05) is 5.39 Å². The van der Waals surface area contributed by atoms with Crippen molar-refractivity contribution < 1.29 is 13.3 Å². The summed E-state index contributed by atoms with van der Waals surface area (Å²) in [6, 6.07) is 6.90. The van der Waals surface area contributed by atoms with Gasteiger partial charge < -0.3 is 10.1 Å². The Labute approximate surface area is 124 Å². The zero-order valence-electron chi connectivity index (χ0n) is 11.2. The van der Waals surface area contributed by atoms with Gasteiger partial charge in [-0.25, -0.2) is 8.42 Å². The number of nitrogens with one attached hydrogen (secondary N) is 2. The zero-order valence-corrected chi connectivity index (χ0v) is 12.0. The molecule has 0 amide bonds. The first-order valence-corrected chi connectivity index (χ1v) is 7.51. The summed E-state index contributed by atoms with van der Waals surface area (Å²) >= 11 is 0. The van der Waals surface area contributed by atoms with E-state index >= 15 is 0 Å². The topological polar surface area (TPSA) is 136 Å². The van der Waals surface area contributed by atoms with Crippen LogP contribution in [0.25, 0.3) is 10.9 Å². The predicted molar refractivity (Wildman–Crippen MR) is 76.8 cm³/mol. The molecule has 0 aliphatic rings. The van der Waals surface area contributed by atoms with E-state index in [1.54, 1.807) is 24.3 Å². The van der Waals surface area contributed by atoms with Crippen LogP contribution in [0.2, 0.25) is 0 Å². The van der Waals surface area contributed by atoms with E-state index in [0.29, 0.717) is 10.9 Å². The molecule has 2 N–H and O–H groups in total. The summed E-state index contributed by atoms with van der Waals surface area (Å²) in [5.41, 5.74) is 0.640. The average molecular weight is 322 g/mol. The average Bonchev–Trinajstić information content (AvgIpc) is 3.03. The van der Waals surface area contributed by atoms with E-state index in [1.165, 1.54) is 7.05 Å². The van der Waals surface area contributed by atoms with Gasteiger partial charge in [0.1, 0.15) is 0 Å². The lowest BCUT2D eigenvalue weighted by Crippen LogP contribution is -2.14. The van der Waals surface area contributed by atoms with Crippen LogP contribution in [-0.2, 0) is 17.1 Å². The van der Waals surface area contributed by atoms with Crippen molar-refractivity contribution in [2.75, 3.05) is 4.72 Å². The Balaban J connectivity index is 2.06. The number of nitro groups is 1. The highest BCUT2D eigenvalue weighted by atomic mass is 32.2. The van der Waals surface area contributed by atoms with E-state index in [-0.39, 0.29) is 5.82 Å². The summed E-state index contributed by atoms with van der Waals surface area (Å²) in [5.74, 6) is -0.677. The molecule has 3 aromatic rings. The van der Waals surface area contributed by atoms with Crippen LogP contribution in [0.1, 0.15) is 0 Å². The summed E-state index contributed by atoms with van der Waals surface area (Å²) in [5, 5.41) is 21.6. The molecule has 0 saturated heterocycles. The Bertz CT molecular complexity index is 974. The molecule has 2 aromatic heterocycles. The van der Waals surface area contributed by atoms with Crippen molar-refractivity contribution in [1.82, 2.24) is 20.0 Å².